The second-order valence-electron chi connectivity index (χ2n) is 6.51. The number of aromatic nitrogens is 1. The minimum Gasteiger partial charge on any atom is -0.444 e. The molecule has 0 saturated carbocycles. The molecular formula is C15H21ClN2O4. The number of aliphatic hydroxyl groups is 2. The van der Waals surface area contributed by atoms with Crippen molar-refractivity contribution in [3.05, 3.63) is 28.5 Å². The van der Waals surface area contributed by atoms with E-state index < -0.39 is 17.3 Å². The van der Waals surface area contributed by atoms with Gasteiger partial charge in [-0.1, -0.05) is 11.6 Å². The Bertz CT molecular complexity index is 573. The van der Waals surface area contributed by atoms with E-state index in [9.17, 15) is 15.0 Å². The fourth-order valence-corrected chi connectivity index (χ4v) is 2.67. The summed E-state index contributed by atoms with van der Waals surface area (Å²) in [5.74, 6) is 0. The lowest BCUT2D eigenvalue weighted by atomic mass is 9.90. The van der Waals surface area contributed by atoms with Gasteiger partial charge in [-0.3, -0.25) is 0 Å². The van der Waals surface area contributed by atoms with Gasteiger partial charge >= 0.3 is 6.09 Å². The number of hydrogen-bond donors (Lipinski definition) is 2. The highest BCUT2D eigenvalue weighted by Gasteiger charge is 2.42. The number of likely N-dealkylation sites (tertiary alicyclic amines) is 1. The topological polar surface area (TPSA) is 82.9 Å². The SMILES string of the molecule is CC(C)(C)OC(=O)N1CCC(O)(c2cc(Cl)ncc2CO)C1. The van der Waals surface area contributed by atoms with Gasteiger partial charge in [-0.25, -0.2) is 9.78 Å². The van der Waals surface area contributed by atoms with Crippen LogP contribution in [0.3, 0.4) is 0 Å². The molecule has 0 spiro atoms. The van der Waals surface area contributed by atoms with Gasteiger partial charge in [0.2, 0.25) is 0 Å². The molecule has 7 heteroatoms. The summed E-state index contributed by atoms with van der Waals surface area (Å²) in [4.78, 5) is 17.5. The van der Waals surface area contributed by atoms with Crippen LogP contribution >= 0.6 is 11.6 Å². The number of carbonyl (C=O) groups is 1. The summed E-state index contributed by atoms with van der Waals surface area (Å²) in [5.41, 5.74) is -0.853. The number of carbonyl (C=O) groups excluding carboxylic acids is 1. The van der Waals surface area contributed by atoms with E-state index in [0.717, 1.165) is 0 Å². The van der Waals surface area contributed by atoms with Gasteiger partial charge in [-0.15, -0.1) is 0 Å². The molecule has 1 amide bonds. The Morgan fingerprint density at radius 3 is 2.82 bits per heavy atom. The van der Waals surface area contributed by atoms with Gasteiger partial charge in [0, 0.05) is 18.3 Å². The molecule has 22 heavy (non-hydrogen) atoms. The molecule has 1 aliphatic heterocycles. The maximum atomic E-state index is 12.1. The minimum absolute atomic E-state index is 0.0925. The van der Waals surface area contributed by atoms with E-state index in [1.54, 1.807) is 20.8 Å². The van der Waals surface area contributed by atoms with Crippen molar-refractivity contribution in [3.8, 4) is 0 Å². The van der Waals surface area contributed by atoms with Crippen LogP contribution in [0.5, 0.6) is 0 Å². The number of ether oxygens (including phenoxy) is 1. The van der Waals surface area contributed by atoms with Gasteiger partial charge < -0.3 is 19.8 Å². The first kappa shape index (κ1) is 17.0. The maximum absolute atomic E-state index is 12.1. The smallest absolute Gasteiger partial charge is 0.410 e. The van der Waals surface area contributed by atoms with Crippen molar-refractivity contribution < 1.29 is 19.7 Å². The van der Waals surface area contributed by atoms with Crippen molar-refractivity contribution >= 4 is 17.7 Å². The zero-order valence-electron chi connectivity index (χ0n) is 13.0. The zero-order chi connectivity index (χ0) is 16.5. The lowest BCUT2D eigenvalue weighted by molar-refractivity contribution is 0.0134. The van der Waals surface area contributed by atoms with Crippen LogP contribution in [0, 0.1) is 0 Å². The molecule has 1 aromatic heterocycles. The molecule has 1 fully saturated rings. The lowest BCUT2D eigenvalue weighted by Gasteiger charge is -2.27. The molecular weight excluding hydrogens is 308 g/mol. The summed E-state index contributed by atoms with van der Waals surface area (Å²) < 4.78 is 5.32. The predicted octanol–water partition coefficient (Wildman–Crippen LogP) is 2.06. The number of pyridine rings is 1. The molecule has 1 aromatic rings. The molecule has 1 aliphatic rings. The van der Waals surface area contributed by atoms with Crippen molar-refractivity contribution in [1.29, 1.82) is 0 Å². The Kier molecular flexibility index (Phi) is 4.65. The minimum atomic E-state index is -1.26. The second-order valence-corrected chi connectivity index (χ2v) is 6.89. The average Bonchev–Trinajstić information content (AvgIpc) is 2.81. The summed E-state index contributed by atoms with van der Waals surface area (Å²) in [6.45, 7) is 5.58. The van der Waals surface area contributed by atoms with Gasteiger partial charge in [0.15, 0.2) is 0 Å². The number of nitrogens with zero attached hydrogens (tertiary/aromatic N) is 2. The zero-order valence-corrected chi connectivity index (χ0v) is 13.7. The van der Waals surface area contributed by atoms with Crippen molar-refractivity contribution in [1.82, 2.24) is 9.88 Å². The van der Waals surface area contributed by atoms with Crippen LogP contribution in [0.25, 0.3) is 0 Å². The molecule has 0 radical (unpaired) electrons. The molecule has 1 saturated heterocycles. The number of β-amino-alcohol motifs (C(OH)–C–C–N with tert-alkyl or cyclic N) is 1. The number of aliphatic hydroxyl groups excluding tert-OH is 1. The molecule has 0 aromatic carbocycles. The Labute approximate surface area is 134 Å². The summed E-state index contributed by atoms with van der Waals surface area (Å²) in [6.07, 6.45) is 1.32. The van der Waals surface area contributed by atoms with Gasteiger partial charge in [0.05, 0.1) is 13.2 Å². The van der Waals surface area contributed by atoms with Crippen molar-refractivity contribution in [2.24, 2.45) is 0 Å². The third-order valence-corrected chi connectivity index (χ3v) is 3.73. The molecule has 2 heterocycles. The summed E-state index contributed by atoms with van der Waals surface area (Å²) >= 11 is 5.89. The molecule has 2 rings (SSSR count). The maximum Gasteiger partial charge on any atom is 0.410 e. The Hall–Kier alpha value is -1.37. The number of hydrogen-bond acceptors (Lipinski definition) is 5. The van der Waals surface area contributed by atoms with Gasteiger partial charge in [-0.05, 0) is 38.8 Å². The molecule has 122 valence electrons. The van der Waals surface area contributed by atoms with E-state index in [-0.39, 0.29) is 18.3 Å². The predicted molar refractivity (Wildman–Crippen MR) is 81.5 cm³/mol. The van der Waals surface area contributed by atoms with E-state index in [0.29, 0.717) is 24.1 Å². The monoisotopic (exact) mass is 328 g/mol. The molecule has 2 N–H and O–H groups in total. The second kappa shape index (κ2) is 6.02. The molecule has 0 bridgehead atoms. The molecule has 0 aliphatic carbocycles. The van der Waals surface area contributed by atoms with Crippen LogP contribution in [-0.4, -0.2) is 44.9 Å². The van der Waals surface area contributed by atoms with Crippen molar-refractivity contribution in [2.45, 2.75) is 45.0 Å². The Morgan fingerprint density at radius 2 is 2.23 bits per heavy atom. The highest BCUT2D eigenvalue weighted by Crippen LogP contribution is 2.35. The van der Waals surface area contributed by atoms with E-state index in [1.165, 1.54) is 17.2 Å². The van der Waals surface area contributed by atoms with Crippen LogP contribution in [0.15, 0.2) is 12.3 Å². The van der Waals surface area contributed by atoms with Crippen LogP contribution < -0.4 is 0 Å². The van der Waals surface area contributed by atoms with Crippen LogP contribution in [0.1, 0.15) is 38.3 Å². The average molecular weight is 329 g/mol. The summed E-state index contributed by atoms with van der Waals surface area (Å²) in [7, 11) is 0. The number of amides is 1. The van der Waals surface area contributed by atoms with E-state index >= 15 is 0 Å². The normalized spacial score (nSPS) is 22.0. The van der Waals surface area contributed by atoms with Crippen molar-refractivity contribution in [2.75, 3.05) is 13.1 Å². The van der Waals surface area contributed by atoms with Gasteiger partial charge in [0.1, 0.15) is 16.4 Å². The molecule has 6 nitrogen and oxygen atoms in total. The van der Waals surface area contributed by atoms with Crippen LogP contribution in [-0.2, 0) is 16.9 Å². The third kappa shape index (κ3) is 3.69. The fourth-order valence-electron chi connectivity index (χ4n) is 2.51. The highest BCUT2D eigenvalue weighted by molar-refractivity contribution is 6.29. The standard InChI is InChI=1S/C15H21ClN2O4/c1-14(2,3)22-13(20)18-5-4-15(21,9-18)11-6-12(16)17-7-10(11)8-19/h6-7,19,21H,4-5,8-9H2,1-3H3. The van der Waals surface area contributed by atoms with E-state index in [1.807, 2.05) is 0 Å². The first-order chi connectivity index (χ1) is 10.1. The third-order valence-electron chi connectivity index (χ3n) is 3.52. The van der Waals surface area contributed by atoms with Crippen LogP contribution in [0.4, 0.5) is 4.79 Å². The Balaban J connectivity index is 2.20. The van der Waals surface area contributed by atoms with Gasteiger partial charge in [-0.2, -0.15) is 0 Å². The van der Waals surface area contributed by atoms with Gasteiger partial charge in [0.25, 0.3) is 0 Å². The highest BCUT2D eigenvalue weighted by atomic mass is 35.5. The lowest BCUT2D eigenvalue weighted by Crippen LogP contribution is -2.38. The summed E-state index contributed by atoms with van der Waals surface area (Å²) in [6, 6.07) is 1.53. The first-order valence-electron chi connectivity index (χ1n) is 7.11. The largest absolute Gasteiger partial charge is 0.444 e. The Morgan fingerprint density at radius 1 is 1.55 bits per heavy atom. The van der Waals surface area contributed by atoms with Crippen LogP contribution in [0.2, 0.25) is 5.15 Å². The van der Waals surface area contributed by atoms with Crippen molar-refractivity contribution in [3.63, 3.8) is 0 Å². The quantitative estimate of drug-likeness (QED) is 0.812. The number of rotatable bonds is 2. The fraction of sp³-hybridized carbons (Fsp3) is 0.600. The number of halogens is 1. The molecule has 1 atom stereocenters. The summed E-state index contributed by atoms with van der Waals surface area (Å²) in [5, 5.41) is 20.5. The van der Waals surface area contributed by atoms with E-state index in [2.05, 4.69) is 4.98 Å². The molecule has 1 unspecified atom stereocenters. The first-order valence-corrected chi connectivity index (χ1v) is 7.48. The van der Waals surface area contributed by atoms with E-state index in [4.69, 9.17) is 16.3 Å².